The fourth-order valence-electron chi connectivity index (χ4n) is 4.25. The van der Waals surface area contributed by atoms with E-state index < -0.39 is 6.04 Å². The third kappa shape index (κ3) is 3.81. The van der Waals surface area contributed by atoms with Crippen molar-refractivity contribution in [1.29, 1.82) is 0 Å². The number of likely N-dealkylation sites (tertiary alicyclic amines) is 1. The van der Waals surface area contributed by atoms with Crippen molar-refractivity contribution in [3.8, 4) is 0 Å². The molecule has 2 saturated heterocycles. The van der Waals surface area contributed by atoms with Crippen molar-refractivity contribution < 1.29 is 13.9 Å². The molecule has 4 rings (SSSR count). The van der Waals surface area contributed by atoms with Crippen molar-refractivity contribution in [3.05, 3.63) is 71.5 Å². The SMILES string of the molecule is N[C@@H]1CN(C(=O)C(c2ccccc2F)N2CCOCC2)C[C@H]1c1ccccc1. The van der Waals surface area contributed by atoms with Gasteiger partial charge in [0.15, 0.2) is 0 Å². The Bertz CT molecular complexity index is 810. The molecule has 6 heteroatoms. The molecule has 28 heavy (non-hydrogen) atoms. The number of benzene rings is 2. The van der Waals surface area contributed by atoms with Crippen molar-refractivity contribution in [2.75, 3.05) is 39.4 Å². The molecule has 0 bridgehead atoms. The number of carbonyl (C=O) groups excluding carboxylic acids is 1. The van der Waals surface area contributed by atoms with Gasteiger partial charge in [0.25, 0.3) is 0 Å². The van der Waals surface area contributed by atoms with Crippen LogP contribution in [-0.2, 0) is 9.53 Å². The summed E-state index contributed by atoms with van der Waals surface area (Å²) in [5.41, 5.74) is 7.95. The quantitative estimate of drug-likeness (QED) is 0.879. The lowest BCUT2D eigenvalue weighted by Crippen LogP contribution is -2.47. The number of halogens is 1. The van der Waals surface area contributed by atoms with Gasteiger partial charge < -0.3 is 15.4 Å². The minimum atomic E-state index is -0.646. The molecule has 2 aliphatic rings. The Hall–Kier alpha value is -2.28. The van der Waals surface area contributed by atoms with Crippen LogP contribution in [0.5, 0.6) is 0 Å². The van der Waals surface area contributed by atoms with E-state index in [4.69, 9.17) is 10.5 Å². The van der Waals surface area contributed by atoms with Gasteiger partial charge in [0.2, 0.25) is 5.91 Å². The Morgan fingerprint density at radius 1 is 1.04 bits per heavy atom. The number of hydrogen-bond acceptors (Lipinski definition) is 4. The van der Waals surface area contributed by atoms with E-state index >= 15 is 0 Å². The van der Waals surface area contributed by atoms with Crippen molar-refractivity contribution in [3.63, 3.8) is 0 Å². The number of ether oxygens (including phenoxy) is 1. The summed E-state index contributed by atoms with van der Waals surface area (Å²) in [6, 6.07) is 15.8. The largest absolute Gasteiger partial charge is 0.379 e. The normalized spacial score (nSPS) is 24.3. The zero-order valence-electron chi connectivity index (χ0n) is 15.8. The van der Waals surface area contributed by atoms with Crippen LogP contribution in [0.25, 0.3) is 0 Å². The van der Waals surface area contributed by atoms with Crippen LogP contribution in [0.1, 0.15) is 23.1 Å². The molecule has 0 aromatic heterocycles. The van der Waals surface area contributed by atoms with Crippen LogP contribution >= 0.6 is 0 Å². The molecule has 2 aromatic carbocycles. The number of morpholine rings is 1. The molecule has 2 N–H and O–H groups in total. The van der Waals surface area contributed by atoms with Gasteiger partial charge in [-0.1, -0.05) is 48.5 Å². The van der Waals surface area contributed by atoms with Crippen LogP contribution < -0.4 is 5.73 Å². The predicted molar refractivity (Wildman–Crippen MR) is 105 cm³/mol. The van der Waals surface area contributed by atoms with E-state index in [0.717, 1.165) is 5.56 Å². The van der Waals surface area contributed by atoms with Gasteiger partial charge in [-0.2, -0.15) is 0 Å². The van der Waals surface area contributed by atoms with E-state index in [9.17, 15) is 9.18 Å². The van der Waals surface area contributed by atoms with Crippen molar-refractivity contribution >= 4 is 5.91 Å². The zero-order chi connectivity index (χ0) is 19.5. The molecule has 148 valence electrons. The molecule has 2 fully saturated rings. The summed E-state index contributed by atoms with van der Waals surface area (Å²) >= 11 is 0. The summed E-state index contributed by atoms with van der Waals surface area (Å²) in [6.07, 6.45) is 0. The summed E-state index contributed by atoms with van der Waals surface area (Å²) in [6.45, 7) is 3.33. The molecular weight excluding hydrogens is 357 g/mol. The van der Waals surface area contributed by atoms with E-state index in [1.165, 1.54) is 6.07 Å². The van der Waals surface area contributed by atoms with Crippen molar-refractivity contribution in [1.82, 2.24) is 9.80 Å². The third-order valence-electron chi connectivity index (χ3n) is 5.75. The van der Waals surface area contributed by atoms with Gasteiger partial charge in [-0.15, -0.1) is 0 Å². The highest BCUT2D eigenvalue weighted by atomic mass is 19.1. The summed E-state index contributed by atoms with van der Waals surface area (Å²) in [5, 5.41) is 0. The molecule has 1 unspecified atom stereocenters. The highest BCUT2D eigenvalue weighted by Gasteiger charge is 2.40. The van der Waals surface area contributed by atoms with Crippen LogP contribution in [-0.4, -0.2) is 61.1 Å². The fourth-order valence-corrected chi connectivity index (χ4v) is 4.25. The maximum absolute atomic E-state index is 14.6. The lowest BCUT2D eigenvalue weighted by Gasteiger charge is -2.36. The highest BCUT2D eigenvalue weighted by molar-refractivity contribution is 5.84. The second-order valence-electron chi connectivity index (χ2n) is 7.50. The Kier molecular flexibility index (Phi) is 5.71. The van der Waals surface area contributed by atoms with E-state index in [1.54, 1.807) is 23.1 Å². The van der Waals surface area contributed by atoms with Crippen LogP contribution in [0.4, 0.5) is 4.39 Å². The minimum Gasteiger partial charge on any atom is -0.379 e. The Morgan fingerprint density at radius 2 is 1.71 bits per heavy atom. The molecule has 0 radical (unpaired) electrons. The number of rotatable bonds is 4. The number of nitrogens with two attached hydrogens (primary N) is 1. The maximum Gasteiger partial charge on any atom is 0.244 e. The smallest absolute Gasteiger partial charge is 0.244 e. The first-order valence-corrected chi connectivity index (χ1v) is 9.80. The van der Waals surface area contributed by atoms with Gasteiger partial charge >= 0.3 is 0 Å². The number of carbonyl (C=O) groups is 1. The molecule has 3 atom stereocenters. The van der Waals surface area contributed by atoms with Gasteiger partial charge in [-0.3, -0.25) is 9.69 Å². The monoisotopic (exact) mass is 383 g/mol. The molecule has 2 heterocycles. The zero-order valence-corrected chi connectivity index (χ0v) is 15.8. The number of nitrogens with zero attached hydrogens (tertiary/aromatic N) is 2. The van der Waals surface area contributed by atoms with Crippen LogP contribution in [0.2, 0.25) is 0 Å². The Labute approximate surface area is 164 Å². The fraction of sp³-hybridized carbons (Fsp3) is 0.409. The molecular formula is C22H26FN3O2. The molecule has 5 nitrogen and oxygen atoms in total. The van der Waals surface area contributed by atoms with Gasteiger partial charge in [0, 0.05) is 43.7 Å². The average Bonchev–Trinajstić information content (AvgIpc) is 3.13. The van der Waals surface area contributed by atoms with Gasteiger partial charge in [-0.25, -0.2) is 4.39 Å². The van der Waals surface area contributed by atoms with Crippen molar-refractivity contribution in [2.45, 2.75) is 18.0 Å². The van der Waals surface area contributed by atoms with Crippen LogP contribution in [0.3, 0.4) is 0 Å². The van der Waals surface area contributed by atoms with Crippen LogP contribution in [0.15, 0.2) is 54.6 Å². The Balaban J connectivity index is 1.60. The first-order chi connectivity index (χ1) is 13.6. The maximum atomic E-state index is 14.6. The highest BCUT2D eigenvalue weighted by Crippen LogP contribution is 2.32. The summed E-state index contributed by atoms with van der Waals surface area (Å²) in [5.74, 6) is -0.340. The Morgan fingerprint density at radius 3 is 2.43 bits per heavy atom. The molecule has 0 saturated carbocycles. The van der Waals surface area contributed by atoms with E-state index in [-0.39, 0.29) is 23.7 Å². The number of amides is 1. The second kappa shape index (κ2) is 8.39. The lowest BCUT2D eigenvalue weighted by atomic mass is 9.95. The predicted octanol–water partition coefficient (Wildman–Crippen LogP) is 2.15. The molecule has 1 amide bonds. The van der Waals surface area contributed by atoms with Crippen LogP contribution in [0, 0.1) is 5.82 Å². The number of hydrogen-bond donors (Lipinski definition) is 1. The molecule has 0 aliphatic carbocycles. The van der Waals surface area contributed by atoms with Gasteiger partial charge in [-0.05, 0) is 11.6 Å². The van der Waals surface area contributed by atoms with Gasteiger partial charge in [0.1, 0.15) is 11.9 Å². The second-order valence-corrected chi connectivity index (χ2v) is 7.50. The average molecular weight is 383 g/mol. The summed E-state index contributed by atoms with van der Waals surface area (Å²) in [4.78, 5) is 17.4. The van der Waals surface area contributed by atoms with Gasteiger partial charge in [0.05, 0.1) is 13.2 Å². The first kappa shape index (κ1) is 19.1. The molecule has 2 aliphatic heterocycles. The van der Waals surface area contributed by atoms with Crippen molar-refractivity contribution in [2.24, 2.45) is 5.73 Å². The third-order valence-corrected chi connectivity index (χ3v) is 5.75. The first-order valence-electron chi connectivity index (χ1n) is 9.80. The van der Waals surface area contributed by atoms with E-state index in [0.29, 0.717) is 45.0 Å². The van der Waals surface area contributed by atoms with E-state index in [2.05, 4.69) is 12.1 Å². The summed E-state index contributed by atoms with van der Waals surface area (Å²) in [7, 11) is 0. The molecule has 2 aromatic rings. The van der Waals surface area contributed by atoms with E-state index in [1.807, 2.05) is 23.1 Å². The standard InChI is InChI=1S/C22H26FN3O2/c23-19-9-5-4-8-17(19)21(25-10-12-28-13-11-25)22(27)26-14-18(20(24)15-26)16-6-2-1-3-7-16/h1-9,18,20-21H,10-15,24H2/t18-,20+,21?/m0/s1. The molecule has 0 spiro atoms. The lowest BCUT2D eigenvalue weighted by molar-refractivity contribution is -0.138. The summed E-state index contributed by atoms with van der Waals surface area (Å²) < 4.78 is 20.0. The minimum absolute atomic E-state index is 0.0825. The topological polar surface area (TPSA) is 58.8 Å².